The van der Waals surface area contributed by atoms with Crippen LogP contribution in [-0.2, 0) is 16.0 Å². The molecule has 2 aromatic rings. The molecule has 0 aliphatic carbocycles. The van der Waals surface area contributed by atoms with Crippen LogP contribution < -0.4 is 10.2 Å². The van der Waals surface area contributed by atoms with Crippen LogP contribution in [-0.4, -0.2) is 32.2 Å². The van der Waals surface area contributed by atoms with Crippen molar-refractivity contribution in [2.24, 2.45) is 0 Å². The van der Waals surface area contributed by atoms with Gasteiger partial charge in [0.05, 0.1) is 13.2 Å². The molecule has 0 bridgehead atoms. The lowest BCUT2D eigenvalue weighted by atomic mass is 10.1. The van der Waals surface area contributed by atoms with Crippen molar-refractivity contribution in [1.29, 1.82) is 0 Å². The predicted octanol–water partition coefficient (Wildman–Crippen LogP) is 3.71. The van der Waals surface area contributed by atoms with Crippen LogP contribution in [0.1, 0.15) is 23.1 Å². The summed E-state index contributed by atoms with van der Waals surface area (Å²) in [5.41, 5.74) is 5.62. The molecule has 0 spiro atoms. The molecule has 0 aromatic heterocycles. The fraction of sp³-hybridized carbons (Fsp3) is 0.381. The number of hydrogen-bond acceptors (Lipinski definition) is 3. The normalized spacial score (nSPS) is 14.4. The Morgan fingerprint density at radius 1 is 1.04 bits per heavy atom. The van der Waals surface area contributed by atoms with Gasteiger partial charge in [-0.2, -0.15) is 0 Å². The van der Waals surface area contributed by atoms with Gasteiger partial charge in [0, 0.05) is 30.9 Å². The number of nitrogens with one attached hydrogen (secondary N) is 1. The number of anilines is 2. The Hall–Kier alpha value is -2.33. The van der Waals surface area contributed by atoms with Crippen molar-refractivity contribution in [1.82, 2.24) is 0 Å². The van der Waals surface area contributed by atoms with Crippen molar-refractivity contribution < 1.29 is 9.53 Å². The number of ether oxygens (including phenoxy) is 1. The van der Waals surface area contributed by atoms with Gasteiger partial charge in [-0.3, -0.25) is 4.79 Å². The van der Waals surface area contributed by atoms with E-state index in [1.165, 1.54) is 11.3 Å². The Morgan fingerprint density at radius 3 is 2.32 bits per heavy atom. The Kier molecular flexibility index (Phi) is 5.71. The molecule has 0 saturated carbocycles. The minimum absolute atomic E-state index is 0.0576. The molecule has 0 radical (unpaired) electrons. The van der Waals surface area contributed by atoms with Gasteiger partial charge in [0.25, 0.3) is 0 Å². The standard InChI is InChI=1S/C21H26N2O2/c1-16-13-17(2)15-19(14-16)22-21(24)8-5-18-3-6-20(7-4-18)23-9-11-25-12-10-23/h3-4,6-7,13-15H,5,8-12H2,1-2H3,(H,22,24). The predicted molar refractivity (Wildman–Crippen MR) is 102 cm³/mol. The first-order valence-electron chi connectivity index (χ1n) is 8.90. The Balaban J connectivity index is 1.51. The smallest absolute Gasteiger partial charge is 0.224 e. The molecule has 0 unspecified atom stereocenters. The van der Waals surface area contributed by atoms with Gasteiger partial charge in [-0.15, -0.1) is 0 Å². The highest BCUT2D eigenvalue weighted by Gasteiger charge is 2.11. The van der Waals surface area contributed by atoms with E-state index in [4.69, 9.17) is 4.74 Å². The summed E-state index contributed by atoms with van der Waals surface area (Å²) in [4.78, 5) is 14.5. The van der Waals surface area contributed by atoms with E-state index in [9.17, 15) is 4.79 Å². The van der Waals surface area contributed by atoms with Crippen LogP contribution in [0.4, 0.5) is 11.4 Å². The zero-order chi connectivity index (χ0) is 17.6. The first kappa shape index (κ1) is 17.5. The molecule has 25 heavy (non-hydrogen) atoms. The Bertz CT molecular complexity index is 699. The molecular formula is C21H26N2O2. The molecule has 1 N–H and O–H groups in total. The number of nitrogens with zero attached hydrogens (tertiary/aromatic N) is 1. The maximum atomic E-state index is 12.2. The Labute approximate surface area is 149 Å². The van der Waals surface area contributed by atoms with Crippen molar-refractivity contribution in [3.8, 4) is 0 Å². The molecule has 3 rings (SSSR count). The third-order valence-electron chi connectivity index (χ3n) is 4.46. The van der Waals surface area contributed by atoms with Crippen LogP contribution in [0.25, 0.3) is 0 Å². The first-order valence-corrected chi connectivity index (χ1v) is 8.90. The van der Waals surface area contributed by atoms with Gasteiger partial charge in [-0.1, -0.05) is 18.2 Å². The number of morpholine rings is 1. The van der Waals surface area contributed by atoms with Gasteiger partial charge in [-0.25, -0.2) is 0 Å². The summed E-state index contributed by atoms with van der Waals surface area (Å²) in [6.45, 7) is 7.55. The zero-order valence-corrected chi connectivity index (χ0v) is 15.0. The van der Waals surface area contributed by atoms with E-state index in [1.54, 1.807) is 0 Å². The molecule has 1 aliphatic heterocycles. The monoisotopic (exact) mass is 338 g/mol. The maximum absolute atomic E-state index is 12.2. The molecule has 1 aliphatic rings. The van der Waals surface area contributed by atoms with Crippen LogP contribution in [0.15, 0.2) is 42.5 Å². The molecule has 1 saturated heterocycles. The summed E-state index contributed by atoms with van der Waals surface area (Å²) in [5, 5.41) is 3.00. The molecular weight excluding hydrogens is 312 g/mol. The third-order valence-corrected chi connectivity index (χ3v) is 4.46. The molecule has 1 heterocycles. The number of rotatable bonds is 5. The molecule has 1 amide bonds. The lowest BCUT2D eigenvalue weighted by molar-refractivity contribution is -0.116. The summed E-state index contributed by atoms with van der Waals surface area (Å²) in [7, 11) is 0. The van der Waals surface area contributed by atoms with Crippen molar-refractivity contribution in [3.63, 3.8) is 0 Å². The van der Waals surface area contributed by atoms with E-state index >= 15 is 0 Å². The average molecular weight is 338 g/mol. The van der Waals surface area contributed by atoms with E-state index in [2.05, 4.69) is 40.5 Å². The van der Waals surface area contributed by atoms with E-state index in [-0.39, 0.29) is 5.91 Å². The van der Waals surface area contributed by atoms with E-state index in [0.717, 1.165) is 49.5 Å². The largest absolute Gasteiger partial charge is 0.378 e. The van der Waals surface area contributed by atoms with E-state index in [0.29, 0.717) is 6.42 Å². The highest BCUT2D eigenvalue weighted by Crippen LogP contribution is 2.18. The van der Waals surface area contributed by atoms with E-state index in [1.807, 2.05) is 26.0 Å². The maximum Gasteiger partial charge on any atom is 0.224 e. The number of benzene rings is 2. The molecule has 132 valence electrons. The average Bonchev–Trinajstić information content (AvgIpc) is 2.60. The minimum atomic E-state index is 0.0576. The van der Waals surface area contributed by atoms with E-state index < -0.39 is 0 Å². The highest BCUT2D eigenvalue weighted by molar-refractivity contribution is 5.91. The molecule has 1 fully saturated rings. The van der Waals surface area contributed by atoms with Gasteiger partial charge in [0.15, 0.2) is 0 Å². The third kappa shape index (κ3) is 5.07. The highest BCUT2D eigenvalue weighted by atomic mass is 16.5. The summed E-state index contributed by atoms with van der Waals surface area (Å²) in [6.07, 6.45) is 1.24. The summed E-state index contributed by atoms with van der Waals surface area (Å²) in [6, 6.07) is 14.6. The van der Waals surface area contributed by atoms with Crippen LogP contribution in [0.3, 0.4) is 0 Å². The van der Waals surface area contributed by atoms with Crippen molar-refractivity contribution in [2.45, 2.75) is 26.7 Å². The van der Waals surface area contributed by atoms with Crippen LogP contribution in [0.5, 0.6) is 0 Å². The second-order valence-electron chi connectivity index (χ2n) is 6.69. The summed E-state index contributed by atoms with van der Waals surface area (Å²) < 4.78 is 5.39. The molecule has 4 nitrogen and oxygen atoms in total. The lowest BCUT2D eigenvalue weighted by Gasteiger charge is -2.28. The van der Waals surface area contributed by atoms with Gasteiger partial charge >= 0.3 is 0 Å². The van der Waals surface area contributed by atoms with Gasteiger partial charge in [0.1, 0.15) is 0 Å². The molecule has 0 atom stereocenters. The first-order chi connectivity index (χ1) is 12.1. The number of aryl methyl sites for hydroxylation is 3. The zero-order valence-electron chi connectivity index (χ0n) is 15.0. The summed E-state index contributed by atoms with van der Waals surface area (Å²) in [5.74, 6) is 0.0576. The Morgan fingerprint density at radius 2 is 1.68 bits per heavy atom. The van der Waals surface area contributed by atoms with Crippen LogP contribution in [0.2, 0.25) is 0 Å². The number of carbonyl (C=O) groups is 1. The fourth-order valence-corrected chi connectivity index (χ4v) is 3.22. The number of amides is 1. The van der Waals surface area contributed by atoms with Gasteiger partial charge in [-0.05, 0) is 61.2 Å². The second-order valence-corrected chi connectivity index (χ2v) is 6.69. The van der Waals surface area contributed by atoms with Crippen molar-refractivity contribution >= 4 is 17.3 Å². The topological polar surface area (TPSA) is 41.6 Å². The van der Waals surface area contributed by atoms with Gasteiger partial charge in [0.2, 0.25) is 5.91 Å². The van der Waals surface area contributed by atoms with Crippen molar-refractivity contribution in [2.75, 3.05) is 36.5 Å². The van der Waals surface area contributed by atoms with Crippen LogP contribution in [0, 0.1) is 13.8 Å². The number of hydrogen-bond donors (Lipinski definition) is 1. The SMILES string of the molecule is Cc1cc(C)cc(NC(=O)CCc2ccc(N3CCOCC3)cc2)c1. The summed E-state index contributed by atoms with van der Waals surface area (Å²) >= 11 is 0. The number of carbonyl (C=O) groups excluding carboxylic acids is 1. The lowest BCUT2D eigenvalue weighted by Crippen LogP contribution is -2.36. The second kappa shape index (κ2) is 8.17. The van der Waals surface area contributed by atoms with Crippen molar-refractivity contribution in [3.05, 3.63) is 59.2 Å². The quantitative estimate of drug-likeness (QED) is 0.903. The minimum Gasteiger partial charge on any atom is -0.378 e. The fourth-order valence-electron chi connectivity index (χ4n) is 3.22. The van der Waals surface area contributed by atoms with Crippen LogP contribution >= 0.6 is 0 Å². The molecule has 4 heteroatoms. The molecule has 2 aromatic carbocycles. The van der Waals surface area contributed by atoms with Gasteiger partial charge < -0.3 is 15.0 Å².